The average Bonchev–Trinajstić information content (AvgIpc) is 3.37. The molecular weight excluding hydrogens is 385 g/mol. The largest absolute Gasteiger partial charge is 0.465 e. The van der Waals surface area contributed by atoms with Crippen molar-refractivity contribution in [2.75, 3.05) is 30.6 Å². The molecule has 0 saturated heterocycles. The maximum absolute atomic E-state index is 12.0. The minimum Gasteiger partial charge on any atom is -0.465 e. The van der Waals surface area contributed by atoms with Crippen LogP contribution >= 0.6 is 7.95 Å². The number of imidazole rings is 1. The second kappa shape index (κ2) is 9.22. The summed E-state index contributed by atoms with van der Waals surface area (Å²) in [7, 11) is -1.88. The molecule has 2 aromatic heterocycles. The number of ether oxygens (including phenoxy) is 2. The molecule has 2 atom stereocenters. The molecule has 0 spiro atoms. The van der Waals surface area contributed by atoms with Crippen molar-refractivity contribution in [1.82, 2.24) is 24.6 Å². The second-order valence-electron chi connectivity index (χ2n) is 6.48. The van der Waals surface area contributed by atoms with Crippen molar-refractivity contribution >= 4 is 36.9 Å². The van der Waals surface area contributed by atoms with Crippen LogP contribution in [0.5, 0.6) is 0 Å². The van der Waals surface area contributed by atoms with E-state index >= 15 is 0 Å². The molecule has 0 radical (unpaired) electrons. The summed E-state index contributed by atoms with van der Waals surface area (Å²) in [6, 6.07) is -0.228. The topological polar surface area (TPSA) is 146 Å². The Hall–Kier alpha value is -2.36. The molecule has 3 rings (SSSR count). The van der Waals surface area contributed by atoms with Crippen molar-refractivity contribution in [3.05, 3.63) is 6.33 Å². The summed E-state index contributed by atoms with van der Waals surface area (Å²) in [5.74, 6) is 0.382. The molecule has 0 aromatic carbocycles. The first-order valence-electron chi connectivity index (χ1n) is 9.18. The standard InChI is InChI=1S/C16H25N7O4P/c1-3-27-15(24)10(2)22-28(25)9-26-7-6-23-8-18-12-13(19-11-4-5-11)20-16(17)21-14(12)23/h8,10-11H,3-7,9H2,1-2H3,(H,22,25)(H3,17,19,20,21)/q+1/t10-/m1/s1. The van der Waals surface area contributed by atoms with E-state index < -0.39 is 20.0 Å². The van der Waals surface area contributed by atoms with Crippen LogP contribution in [0.3, 0.4) is 0 Å². The van der Waals surface area contributed by atoms with Crippen LogP contribution in [0.2, 0.25) is 0 Å². The number of nitrogen functional groups attached to an aromatic ring is 1. The van der Waals surface area contributed by atoms with Gasteiger partial charge in [-0.3, -0.25) is 4.79 Å². The smallest absolute Gasteiger partial charge is 0.461 e. The highest BCUT2D eigenvalue weighted by molar-refractivity contribution is 7.42. The maximum Gasteiger partial charge on any atom is 0.461 e. The molecule has 12 heteroatoms. The highest BCUT2D eigenvalue weighted by Gasteiger charge is 2.26. The summed E-state index contributed by atoms with van der Waals surface area (Å²) in [5, 5.41) is 5.98. The number of nitrogens with two attached hydrogens (primary N) is 1. The molecular formula is C16H25N7O4P+. The lowest BCUT2D eigenvalue weighted by molar-refractivity contribution is -0.144. The number of nitrogens with zero attached hydrogens (tertiary/aromatic N) is 4. The number of hydrogen-bond donors (Lipinski definition) is 3. The number of anilines is 2. The van der Waals surface area contributed by atoms with E-state index in [0.717, 1.165) is 12.8 Å². The summed E-state index contributed by atoms with van der Waals surface area (Å²) >= 11 is 0. The molecule has 4 N–H and O–H groups in total. The molecule has 0 bridgehead atoms. The molecule has 1 aliphatic rings. The monoisotopic (exact) mass is 410 g/mol. The summed E-state index contributed by atoms with van der Waals surface area (Å²) in [4.78, 5) is 24.4. The van der Waals surface area contributed by atoms with Gasteiger partial charge in [0, 0.05) is 12.6 Å². The number of esters is 1. The van der Waals surface area contributed by atoms with Gasteiger partial charge in [0.1, 0.15) is 6.04 Å². The first-order valence-corrected chi connectivity index (χ1v) is 10.6. The molecule has 0 aliphatic heterocycles. The Morgan fingerprint density at radius 1 is 1.46 bits per heavy atom. The van der Waals surface area contributed by atoms with Gasteiger partial charge >= 0.3 is 13.9 Å². The Morgan fingerprint density at radius 2 is 2.25 bits per heavy atom. The van der Waals surface area contributed by atoms with Crippen LogP contribution in [0.1, 0.15) is 26.7 Å². The summed E-state index contributed by atoms with van der Waals surface area (Å²) in [6.07, 6.45) is 3.86. The highest BCUT2D eigenvalue weighted by Crippen LogP contribution is 2.27. The van der Waals surface area contributed by atoms with Crippen LogP contribution in [0.25, 0.3) is 11.2 Å². The third kappa shape index (κ3) is 5.34. The van der Waals surface area contributed by atoms with Crippen LogP contribution in [0, 0.1) is 0 Å². The van der Waals surface area contributed by atoms with E-state index in [1.807, 2.05) is 4.57 Å². The third-order valence-corrected chi connectivity index (χ3v) is 5.15. The average molecular weight is 410 g/mol. The fraction of sp³-hybridized carbons (Fsp3) is 0.625. The van der Waals surface area contributed by atoms with Gasteiger partial charge in [-0.2, -0.15) is 9.97 Å². The zero-order chi connectivity index (χ0) is 20.1. The van der Waals surface area contributed by atoms with Gasteiger partial charge < -0.3 is 25.1 Å². The van der Waals surface area contributed by atoms with Crippen LogP contribution in [0.15, 0.2) is 6.33 Å². The van der Waals surface area contributed by atoms with Crippen molar-refractivity contribution in [1.29, 1.82) is 0 Å². The number of aromatic nitrogens is 4. The van der Waals surface area contributed by atoms with Gasteiger partial charge in [-0.1, -0.05) is 5.09 Å². The van der Waals surface area contributed by atoms with Gasteiger partial charge in [0.05, 0.1) is 19.5 Å². The zero-order valence-electron chi connectivity index (χ0n) is 15.9. The maximum atomic E-state index is 12.0. The van der Waals surface area contributed by atoms with Gasteiger partial charge in [0.2, 0.25) is 5.95 Å². The van der Waals surface area contributed by atoms with Crippen LogP contribution in [-0.4, -0.2) is 57.1 Å². The number of hydrogen-bond acceptors (Lipinski definition) is 9. The third-order valence-electron chi connectivity index (χ3n) is 4.06. The van der Waals surface area contributed by atoms with E-state index in [1.165, 1.54) is 0 Å². The van der Waals surface area contributed by atoms with Crippen LogP contribution in [-0.2, 0) is 25.4 Å². The lowest BCUT2D eigenvalue weighted by Gasteiger charge is -2.07. The zero-order valence-corrected chi connectivity index (χ0v) is 16.8. The summed E-state index contributed by atoms with van der Waals surface area (Å²) < 4.78 is 24.1. The van der Waals surface area contributed by atoms with Crippen LogP contribution in [0.4, 0.5) is 11.8 Å². The van der Waals surface area contributed by atoms with Crippen LogP contribution < -0.4 is 16.1 Å². The molecule has 28 heavy (non-hydrogen) atoms. The number of rotatable bonds is 11. The first kappa shape index (κ1) is 20.4. The van der Waals surface area contributed by atoms with Crippen molar-refractivity contribution < 1.29 is 18.8 Å². The Bertz CT molecular complexity index is 855. The minimum absolute atomic E-state index is 0.0166. The fourth-order valence-electron chi connectivity index (χ4n) is 2.53. The SMILES string of the molecule is CCOC(=O)[C@@H](C)N[P+](=O)COCCn1cnc2c(NC3CC3)nc(N)nc21. The number of fused-ring (bicyclic) bond motifs is 1. The normalized spacial score (nSPS) is 15.4. The van der Waals surface area contributed by atoms with Gasteiger partial charge in [-0.25, -0.2) is 4.98 Å². The minimum atomic E-state index is -1.88. The van der Waals surface area contributed by atoms with Gasteiger partial charge in [0.25, 0.3) is 6.35 Å². The van der Waals surface area contributed by atoms with E-state index in [9.17, 15) is 9.36 Å². The van der Waals surface area contributed by atoms with Gasteiger partial charge in [-0.15, -0.1) is 0 Å². The van der Waals surface area contributed by atoms with E-state index in [4.69, 9.17) is 15.2 Å². The molecule has 152 valence electrons. The van der Waals surface area contributed by atoms with E-state index in [1.54, 1.807) is 20.2 Å². The van der Waals surface area contributed by atoms with Crippen molar-refractivity contribution in [3.63, 3.8) is 0 Å². The molecule has 1 aliphatic carbocycles. The lowest BCUT2D eigenvalue weighted by Crippen LogP contribution is -2.31. The van der Waals surface area contributed by atoms with Crippen molar-refractivity contribution in [3.8, 4) is 0 Å². The Labute approximate surface area is 163 Å². The van der Waals surface area contributed by atoms with E-state index in [2.05, 4.69) is 25.4 Å². The predicted octanol–water partition coefficient (Wildman–Crippen LogP) is 1.24. The lowest BCUT2D eigenvalue weighted by atomic mass is 10.4. The molecule has 0 amide bonds. The molecule has 1 unspecified atom stereocenters. The first-order chi connectivity index (χ1) is 13.5. The quantitative estimate of drug-likeness (QED) is 0.281. The molecule has 1 saturated carbocycles. The predicted molar refractivity (Wildman–Crippen MR) is 104 cm³/mol. The van der Waals surface area contributed by atoms with Gasteiger partial charge in [-0.05, 0) is 31.3 Å². The molecule has 2 heterocycles. The van der Waals surface area contributed by atoms with E-state index in [-0.39, 0.29) is 18.9 Å². The molecule has 1 fully saturated rings. The fourth-order valence-corrected chi connectivity index (χ4v) is 3.44. The number of carbonyl (C=O) groups excluding carboxylic acids is 1. The number of carbonyl (C=O) groups is 1. The summed E-state index contributed by atoms with van der Waals surface area (Å²) in [6.45, 7) is 4.37. The van der Waals surface area contributed by atoms with E-state index in [0.29, 0.717) is 36.2 Å². The van der Waals surface area contributed by atoms with Crippen molar-refractivity contribution in [2.45, 2.75) is 45.3 Å². The highest BCUT2D eigenvalue weighted by atomic mass is 31.1. The Kier molecular flexibility index (Phi) is 6.71. The molecule has 2 aromatic rings. The Balaban J connectivity index is 1.49. The van der Waals surface area contributed by atoms with Gasteiger partial charge in [0.15, 0.2) is 17.0 Å². The second-order valence-corrected chi connectivity index (χ2v) is 7.75. The Morgan fingerprint density at radius 3 is 2.96 bits per heavy atom. The summed E-state index contributed by atoms with van der Waals surface area (Å²) in [5.41, 5.74) is 7.10. The molecule has 11 nitrogen and oxygen atoms in total. The van der Waals surface area contributed by atoms with Crippen molar-refractivity contribution in [2.24, 2.45) is 0 Å². The number of nitrogens with one attached hydrogen (secondary N) is 2.